The lowest BCUT2D eigenvalue weighted by molar-refractivity contribution is 0.147. The molecule has 3 aromatic rings. The lowest BCUT2D eigenvalue weighted by atomic mass is 9.98. The van der Waals surface area contributed by atoms with E-state index in [1.165, 1.54) is 0 Å². The SMILES string of the molecule is CN1CCN(Cc2ccc(-c3ccc(NC(N)=O)c4ccccc34)cn2)CC1. The predicted molar refractivity (Wildman–Crippen MR) is 113 cm³/mol. The summed E-state index contributed by atoms with van der Waals surface area (Å²) in [5.74, 6) is 0. The minimum Gasteiger partial charge on any atom is -0.351 e. The standard InChI is InChI=1S/C22H25N5O/c1-26-10-12-27(13-11-26)15-17-7-6-16(14-24-17)18-8-9-21(25-22(23)28)20-5-3-2-4-19(18)20/h2-9,14H,10-13,15H2,1H3,(H3,23,25,28). The number of pyridine rings is 1. The highest BCUT2D eigenvalue weighted by atomic mass is 16.2. The fourth-order valence-electron chi connectivity index (χ4n) is 3.70. The van der Waals surface area contributed by atoms with Gasteiger partial charge in [-0.25, -0.2) is 4.79 Å². The van der Waals surface area contributed by atoms with Crippen LogP contribution in [0.25, 0.3) is 21.9 Å². The van der Waals surface area contributed by atoms with Gasteiger partial charge >= 0.3 is 6.03 Å². The van der Waals surface area contributed by atoms with E-state index in [2.05, 4.69) is 40.4 Å². The van der Waals surface area contributed by atoms with Crippen LogP contribution in [0.2, 0.25) is 0 Å². The van der Waals surface area contributed by atoms with E-state index < -0.39 is 6.03 Å². The highest BCUT2D eigenvalue weighted by molar-refractivity contribution is 6.07. The zero-order chi connectivity index (χ0) is 19.5. The number of likely N-dealkylation sites (N-methyl/N-ethyl adjacent to an activating group) is 1. The molecule has 0 spiro atoms. The molecule has 1 aliphatic rings. The van der Waals surface area contributed by atoms with Crippen molar-refractivity contribution in [2.24, 2.45) is 5.73 Å². The molecule has 4 rings (SSSR count). The lowest BCUT2D eigenvalue weighted by Crippen LogP contribution is -2.43. The number of urea groups is 1. The van der Waals surface area contributed by atoms with Crippen LogP contribution in [-0.4, -0.2) is 54.0 Å². The summed E-state index contributed by atoms with van der Waals surface area (Å²) in [6, 6.07) is 15.6. The van der Waals surface area contributed by atoms with Crippen LogP contribution in [0, 0.1) is 0 Å². The summed E-state index contributed by atoms with van der Waals surface area (Å²) in [6.07, 6.45) is 1.94. The van der Waals surface area contributed by atoms with Gasteiger partial charge in [-0.2, -0.15) is 0 Å². The number of carbonyl (C=O) groups is 1. The van der Waals surface area contributed by atoms with Crippen LogP contribution < -0.4 is 11.1 Å². The summed E-state index contributed by atoms with van der Waals surface area (Å²) in [5, 5.41) is 4.71. The molecule has 6 nitrogen and oxygen atoms in total. The van der Waals surface area contributed by atoms with Gasteiger partial charge in [0.15, 0.2) is 0 Å². The molecule has 1 saturated heterocycles. The Kier molecular flexibility index (Phi) is 5.23. The third-order valence-electron chi connectivity index (χ3n) is 5.30. The first-order valence-corrected chi connectivity index (χ1v) is 9.54. The van der Waals surface area contributed by atoms with Crippen molar-refractivity contribution in [1.82, 2.24) is 14.8 Å². The molecule has 1 fully saturated rings. The Morgan fingerprint density at radius 2 is 1.79 bits per heavy atom. The number of fused-ring (bicyclic) bond motifs is 1. The number of piperazine rings is 1. The molecule has 0 atom stereocenters. The topological polar surface area (TPSA) is 74.5 Å². The monoisotopic (exact) mass is 375 g/mol. The maximum Gasteiger partial charge on any atom is 0.316 e. The average Bonchev–Trinajstić information content (AvgIpc) is 2.70. The van der Waals surface area contributed by atoms with Crippen LogP contribution in [0.1, 0.15) is 5.69 Å². The maximum absolute atomic E-state index is 11.3. The quantitative estimate of drug-likeness (QED) is 0.735. The number of carbonyl (C=O) groups excluding carboxylic acids is 1. The van der Waals surface area contributed by atoms with Gasteiger partial charge < -0.3 is 16.0 Å². The number of nitrogens with zero attached hydrogens (tertiary/aromatic N) is 3. The zero-order valence-corrected chi connectivity index (χ0v) is 16.1. The largest absolute Gasteiger partial charge is 0.351 e. The van der Waals surface area contributed by atoms with Crippen molar-refractivity contribution in [2.45, 2.75) is 6.54 Å². The summed E-state index contributed by atoms with van der Waals surface area (Å²) < 4.78 is 0. The number of nitrogens with two attached hydrogens (primary N) is 1. The first-order chi connectivity index (χ1) is 13.6. The van der Waals surface area contributed by atoms with Crippen LogP contribution in [-0.2, 0) is 6.54 Å². The summed E-state index contributed by atoms with van der Waals surface area (Å²) in [7, 11) is 2.17. The van der Waals surface area contributed by atoms with Crippen molar-refractivity contribution in [2.75, 3.05) is 38.5 Å². The minimum atomic E-state index is -0.562. The van der Waals surface area contributed by atoms with E-state index in [4.69, 9.17) is 10.7 Å². The van der Waals surface area contributed by atoms with Gasteiger partial charge in [0.2, 0.25) is 0 Å². The molecule has 28 heavy (non-hydrogen) atoms. The maximum atomic E-state index is 11.3. The molecule has 0 saturated carbocycles. The molecule has 2 aromatic carbocycles. The number of hydrogen-bond acceptors (Lipinski definition) is 4. The Labute approximate surface area is 165 Å². The van der Waals surface area contributed by atoms with Gasteiger partial charge in [-0.15, -0.1) is 0 Å². The number of nitrogens with one attached hydrogen (secondary N) is 1. The number of primary amides is 1. The Morgan fingerprint density at radius 1 is 1.04 bits per heavy atom. The van der Waals surface area contributed by atoms with Gasteiger partial charge in [0.1, 0.15) is 0 Å². The summed E-state index contributed by atoms with van der Waals surface area (Å²) >= 11 is 0. The van der Waals surface area contributed by atoms with Crippen LogP contribution in [0.4, 0.5) is 10.5 Å². The normalized spacial score (nSPS) is 15.6. The van der Waals surface area contributed by atoms with Gasteiger partial charge in [-0.1, -0.05) is 36.4 Å². The Balaban J connectivity index is 1.59. The van der Waals surface area contributed by atoms with Crippen LogP contribution in [0.15, 0.2) is 54.7 Å². The van der Waals surface area contributed by atoms with E-state index in [1.54, 1.807) is 0 Å². The first-order valence-electron chi connectivity index (χ1n) is 9.54. The molecule has 144 valence electrons. The number of benzene rings is 2. The second-order valence-electron chi connectivity index (χ2n) is 7.31. The summed E-state index contributed by atoms with van der Waals surface area (Å²) in [6.45, 7) is 5.26. The van der Waals surface area contributed by atoms with Crippen LogP contribution in [0.3, 0.4) is 0 Å². The third kappa shape index (κ3) is 3.98. The minimum absolute atomic E-state index is 0.562. The Morgan fingerprint density at radius 3 is 2.46 bits per heavy atom. The van der Waals surface area contributed by atoms with E-state index in [1.807, 2.05) is 36.5 Å². The smallest absolute Gasteiger partial charge is 0.316 e. The Hall–Kier alpha value is -2.96. The zero-order valence-electron chi connectivity index (χ0n) is 16.1. The summed E-state index contributed by atoms with van der Waals surface area (Å²) in [4.78, 5) is 20.8. The molecule has 0 unspecified atom stereocenters. The van der Waals surface area contributed by atoms with E-state index in [0.717, 1.165) is 60.3 Å². The number of aromatic nitrogens is 1. The number of anilines is 1. The van der Waals surface area contributed by atoms with Crippen molar-refractivity contribution in [3.63, 3.8) is 0 Å². The molecule has 0 bridgehead atoms. The molecule has 2 amide bonds. The molecular formula is C22H25N5O. The van der Waals surface area contributed by atoms with Gasteiger partial charge in [0.05, 0.1) is 11.4 Å². The second kappa shape index (κ2) is 7.96. The fourth-order valence-corrected chi connectivity index (χ4v) is 3.70. The molecule has 0 radical (unpaired) electrons. The summed E-state index contributed by atoms with van der Waals surface area (Å²) in [5.41, 5.74) is 9.25. The van der Waals surface area contributed by atoms with Crippen molar-refractivity contribution < 1.29 is 4.79 Å². The van der Waals surface area contributed by atoms with Crippen LogP contribution >= 0.6 is 0 Å². The van der Waals surface area contributed by atoms with Crippen molar-refractivity contribution in [1.29, 1.82) is 0 Å². The molecule has 1 aliphatic heterocycles. The number of rotatable bonds is 4. The highest BCUT2D eigenvalue weighted by Gasteiger charge is 2.15. The molecule has 3 N–H and O–H groups in total. The second-order valence-corrected chi connectivity index (χ2v) is 7.31. The van der Waals surface area contributed by atoms with Gasteiger partial charge in [0.25, 0.3) is 0 Å². The van der Waals surface area contributed by atoms with E-state index in [9.17, 15) is 4.79 Å². The molecule has 6 heteroatoms. The van der Waals surface area contributed by atoms with Crippen molar-refractivity contribution in [3.8, 4) is 11.1 Å². The Bertz CT molecular complexity index is 978. The number of amides is 2. The highest BCUT2D eigenvalue weighted by Crippen LogP contribution is 2.33. The van der Waals surface area contributed by atoms with Gasteiger partial charge in [0, 0.05) is 49.9 Å². The molecule has 2 heterocycles. The van der Waals surface area contributed by atoms with Crippen LogP contribution in [0.5, 0.6) is 0 Å². The molecule has 0 aliphatic carbocycles. The predicted octanol–water partition coefficient (Wildman–Crippen LogP) is 3.14. The third-order valence-corrected chi connectivity index (χ3v) is 5.30. The first kappa shape index (κ1) is 18.4. The molecule has 1 aromatic heterocycles. The lowest BCUT2D eigenvalue weighted by Gasteiger charge is -2.32. The van der Waals surface area contributed by atoms with Crippen molar-refractivity contribution in [3.05, 3.63) is 60.4 Å². The van der Waals surface area contributed by atoms with E-state index in [-0.39, 0.29) is 0 Å². The van der Waals surface area contributed by atoms with E-state index >= 15 is 0 Å². The van der Waals surface area contributed by atoms with Gasteiger partial charge in [-0.05, 0) is 30.1 Å². The van der Waals surface area contributed by atoms with E-state index in [0.29, 0.717) is 5.69 Å². The van der Waals surface area contributed by atoms with Crippen molar-refractivity contribution >= 4 is 22.5 Å². The van der Waals surface area contributed by atoms with Gasteiger partial charge in [-0.3, -0.25) is 9.88 Å². The fraction of sp³-hybridized carbons (Fsp3) is 0.273. The number of hydrogen-bond donors (Lipinski definition) is 2. The molecular weight excluding hydrogens is 350 g/mol. The average molecular weight is 375 g/mol.